The highest BCUT2D eigenvalue weighted by molar-refractivity contribution is 7.92. The lowest BCUT2D eigenvalue weighted by Crippen LogP contribution is -2.42. The van der Waals surface area contributed by atoms with Crippen LogP contribution in [0.15, 0.2) is 54.6 Å². The molecule has 0 fully saturated rings. The first kappa shape index (κ1) is 18.0. The molecule has 1 amide bonds. The predicted molar refractivity (Wildman–Crippen MR) is 97.8 cm³/mol. The van der Waals surface area contributed by atoms with Crippen LogP contribution in [0.2, 0.25) is 0 Å². The highest BCUT2D eigenvalue weighted by atomic mass is 32.2. The van der Waals surface area contributed by atoms with E-state index in [1.807, 2.05) is 38.1 Å². The number of nitrogens with zero attached hydrogens (tertiary/aromatic N) is 2. The largest absolute Gasteiger partial charge is 0.311 e. The van der Waals surface area contributed by atoms with E-state index in [9.17, 15) is 13.2 Å². The van der Waals surface area contributed by atoms with Crippen LogP contribution in [0.4, 0.5) is 11.4 Å². The number of carbonyl (C=O) groups is 1. The van der Waals surface area contributed by atoms with Crippen LogP contribution in [0.5, 0.6) is 0 Å². The number of likely N-dealkylation sites (N-methyl/N-ethyl adjacent to an activating group) is 1. The molecule has 0 radical (unpaired) electrons. The van der Waals surface area contributed by atoms with Gasteiger partial charge in [-0.15, -0.1) is 0 Å². The smallest absolute Gasteiger partial charge is 0.247 e. The Morgan fingerprint density at radius 2 is 1.62 bits per heavy atom. The first-order valence-electron chi connectivity index (χ1n) is 7.72. The van der Waals surface area contributed by atoms with Gasteiger partial charge in [0.05, 0.1) is 11.9 Å². The summed E-state index contributed by atoms with van der Waals surface area (Å²) >= 11 is 0. The van der Waals surface area contributed by atoms with Gasteiger partial charge in [-0.3, -0.25) is 9.10 Å². The molecule has 2 rings (SSSR count). The molecule has 5 nitrogen and oxygen atoms in total. The fraction of sp³-hybridized carbons (Fsp3) is 0.278. The number of hydrogen-bond acceptors (Lipinski definition) is 3. The van der Waals surface area contributed by atoms with Crippen molar-refractivity contribution in [1.29, 1.82) is 0 Å². The number of benzene rings is 2. The highest BCUT2D eigenvalue weighted by Gasteiger charge is 2.24. The molecule has 0 bridgehead atoms. The van der Waals surface area contributed by atoms with E-state index >= 15 is 0 Å². The van der Waals surface area contributed by atoms with Crippen molar-refractivity contribution < 1.29 is 13.2 Å². The molecule has 0 saturated carbocycles. The Morgan fingerprint density at radius 1 is 1.00 bits per heavy atom. The van der Waals surface area contributed by atoms with Crippen molar-refractivity contribution in [3.8, 4) is 0 Å². The summed E-state index contributed by atoms with van der Waals surface area (Å²) in [5.74, 6) is -0.266. The maximum absolute atomic E-state index is 12.7. The minimum Gasteiger partial charge on any atom is -0.311 e. The highest BCUT2D eigenvalue weighted by Crippen LogP contribution is 2.20. The van der Waals surface area contributed by atoms with Gasteiger partial charge in [-0.05, 0) is 43.7 Å². The summed E-state index contributed by atoms with van der Waals surface area (Å²) in [6.45, 7) is 4.06. The number of sulfonamides is 1. The van der Waals surface area contributed by atoms with Crippen molar-refractivity contribution in [2.75, 3.05) is 28.6 Å². The van der Waals surface area contributed by atoms with Gasteiger partial charge < -0.3 is 4.90 Å². The van der Waals surface area contributed by atoms with Crippen LogP contribution in [0.3, 0.4) is 0 Å². The van der Waals surface area contributed by atoms with Crippen LogP contribution >= 0.6 is 0 Å². The molecule has 128 valence electrons. The monoisotopic (exact) mass is 346 g/mol. The van der Waals surface area contributed by atoms with Crippen LogP contribution in [0, 0.1) is 6.92 Å². The molecule has 0 aliphatic heterocycles. The average molecular weight is 346 g/mol. The number of para-hydroxylation sites is 1. The zero-order valence-electron chi connectivity index (χ0n) is 14.1. The second kappa shape index (κ2) is 7.49. The molecule has 2 aromatic rings. The quantitative estimate of drug-likeness (QED) is 0.808. The third-order valence-corrected chi connectivity index (χ3v) is 4.79. The fourth-order valence-corrected chi connectivity index (χ4v) is 3.35. The van der Waals surface area contributed by atoms with E-state index < -0.39 is 10.0 Å². The Balaban J connectivity index is 2.30. The van der Waals surface area contributed by atoms with E-state index in [0.29, 0.717) is 12.2 Å². The lowest BCUT2D eigenvalue weighted by molar-refractivity contribution is -0.117. The van der Waals surface area contributed by atoms with Gasteiger partial charge in [0.2, 0.25) is 15.9 Å². The summed E-state index contributed by atoms with van der Waals surface area (Å²) in [4.78, 5) is 14.3. The minimum absolute atomic E-state index is 0.232. The molecule has 0 unspecified atom stereocenters. The molecular formula is C18H22N2O3S. The van der Waals surface area contributed by atoms with E-state index in [4.69, 9.17) is 0 Å². The molecule has 0 atom stereocenters. The van der Waals surface area contributed by atoms with Gasteiger partial charge in [-0.2, -0.15) is 0 Å². The van der Waals surface area contributed by atoms with Crippen LogP contribution in [0.25, 0.3) is 0 Å². The molecule has 2 aromatic carbocycles. The molecule has 24 heavy (non-hydrogen) atoms. The van der Waals surface area contributed by atoms with Crippen molar-refractivity contribution in [1.82, 2.24) is 0 Å². The first-order chi connectivity index (χ1) is 11.3. The van der Waals surface area contributed by atoms with Gasteiger partial charge in [0.15, 0.2) is 0 Å². The molecule has 0 aliphatic rings. The summed E-state index contributed by atoms with van der Waals surface area (Å²) in [7, 11) is -3.56. The van der Waals surface area contributed by atoms with Crippen molar-refractivity contribution in [3.05, 3.63) is 60.2 Å². The van der Waals surface area contributed by atoms with Crippen molar-refractivity contribution in [3.63, 3.8) is 0 Å². The van der Waals surface area contributed by atoms with Gasteiger partial charge in [-0.25, -0.2) is 8.42 Å². The number of aryl methyl sites for hydroxylation is 1. The molecule has 0 spiro atoms. The normalized spacial score (nSPS) is 11.1. The molecule has 6 heteroatoms. The van der Waals surface area contributed by atoms with Crippen LogP contribution in [0.1, 0.15) is 12.5 Å². The lowest BCUT2D eigenvalue weighted by Gasteiger charge is -2.27. The summed E-state index contributed by atoms with van der Waals surface area (Å²) in [5.41, 5.74) is 2.29. The number of anilines is 2. The lowest BCUT2D eigenvalue weighted by atomic mass is 10.2. The SMILES string of the molecule is CCN(C(=O)CN(c1ccccc1)S(C)(=O)=O)c1cccc(C)c1. The van der Waals surface area contributed by atoms with Gasteiger partial charge in [0, 0.05) is 12.2 Å². The predicted octanol–water partition coefficient (Wildman–Crippen LogP) is 2.81. The molecule has 0 N–H and O–H groups in total. The number of hydrogen-bond donors (Lipinski definition) is 0. The van der Waals surface area contributed by atoms with Gasteiger partial charge in [0.25, 0.3) is 0 Å². The molecule has 0 saturated heterocycles. The van der Waals surface area contributed by atoms with Crippen molar-refractivity contribution in [2.24, 2.45) is 0 Å². The van der Waals surface area contributed by atoms with E-state index in [-0.39, 0.29) is 12.5 Å². The Bertz CT molecular complexity index is 804. The van der Waals surface area contributed by atoms with E-state index in [1.165, 1.54) is 0 Å². The summed E-state index contributed by atoms with van der Waals surface area (Å²) in [5, 5.41) is 0. The van der Waals surface area contributed by atoms with Crippen molar-refractivity contribution >= 4 is 27.3 Å². The minimum atomic E-state index is -3.56. The third kappa shape index (κ3) is 4.35. The Morgan fingerprint density at radius 3 is 2.17 bits per heavy atom. The van der Waals surface area contributed by atoms with E-state index in [1.54, 1.807) is 35.2 Å². The maximum atomic E-state index is 12.7. The van der Waals surface area contributed by atoms with E-state index in [2.05, 4.69) is 0 Å². The second-order valence-corrected chi connectivity index (χ2v) is 7.49. The Hall–Kier alpha value is -2.34. The summed E-state index contributed by atoms with van der Waals surface area (Å²) in [6.07, 6.45) is 1.11. The van der Waals surface area contributed by atoms with Crippen molar-refractivity contribution in [2.45, 2.75) is 13.8 Å². The zero-order valence-corrected chi connectivity index (χ0v) is 15.0. The van der Waals surface area contributed by atoms with Gasteiger partial charge >= 0.3 is 0 Å². The Kier molecular flexibility index (Phi) is 5.62. The topological polar surface area (TPSA) is 57.7 Å². The summed E-state index contributed by atoms with van der Waals surface area (Å²) in [6, 6.07) is 16.2. The number of carbonyl (C=O) groups excluding carboxylic acids is 1. The standard InChI is InChI=1S/C18H22N2O3S/c1-4-19(17-12-8-9-15(2)13-17)18(21)14-20(24(3,22)23)16-10-6-5-7-11-16/h5-13H,4,14H2,1-3H3. The Labute approximate surface area is 143 Å². The number of amides is 1. The fourth-order valence-electron chi connectivity index (χ4n) is 2.50. The first-order valence-corrected chi connectivity index (χ1v) is 9.57. The summed E-state index contributed by atoms with van der Waals surface area (Å²) < 4.78 is 25.4. The van der Waals surface area contributed by atoms with Crippen LogP contribution in [-0.2, 0) is 14.8 Å². The average Bonchev–Trinajstić information content (AvgIpc) is 2.53. The molecule has 0 aliphatic carbocycles. The van der Waals surface area contributed by atoms with Gasteiger partial charge in [0.1, 0.15) is 6.54 Å². The van der Waals surface area contributed by atoms with E-state index in [0.717, 1.165) is 21.8 Å². The molecule has 0 aromatic heterocycles. The molecular weight excluding hydrogens is 324 g/mol. The van der Waals surface area contributed by atoms with Gasteiger partial charge in [-0.1, -0.05) is 30.3 Å². The van der Waals surface area contributed by atoms with Crippen LogP contribution in [-0.4, -0.2) is 33.7 Å². The molecule has 0 heterocycles. The maximum Gasteiger partial charge on any atom is 0.247 e. The number of rotatable bonds is 6. The zero-order chi connectivity index (χ0) is 17.7. The van der Waals surface area contributed by atoms with Crippen LogP contribution < -0.4 is 9.21 Å². The third-order valence-electron chi connectivity index (χ3n) is 3.65. The second-order valence-electron chi connectivity index (χ2n) is 5.58.